The summed E-state index contributed by atoms with van der Waals surface area (Å²) in [6.45, 7) is 6.78. The van der Waals surface area contributed by atoms with Gasteiger partial charge in [-0.15, -0.1) is 0 Å². The number of nitrogens with two attached hydrogens (primary N) is 1. The second kappa shape index (κ2) is 5.27. The van der Waals surface area contributed by atoms with E-state index in [2.05, 4.69) is 31.8 Å². The van der Waals surface area contributed by atoms with E-state index in [0.717, 1.165) is 25.1 Å². The van der Waals surface area contributed by atoms with Crippen LogP contribution in [0.15, 0.2) is 18.3 Å². The van der Waals surface area contributed by atoms with Gasteiger partial charge in [-0.05, 0) is 36.7 Å². The summed E-state index contributed by atoms with van der Waals surface area (Å²) in [6.07, 6.45) is 6.35. The summed E-state index contributed by atoms with van der Waals surface area (Å²) >= 11 is 0. The molecule has 0 radical (unpaired) electrons. The molecule has 1 aliphatic carbocycles. The molecule has 1 aliphatic rings. The van der Waals surface area contributed by atoms with Gasteiger partial charge in [0.2, 0.25) is 5.88 Å². The maximum absolute atomic E-state index is 5.73. The van der Waals surface area contributed by atoms with E-state index < -0.39 is 0 Å². The zero-order valence-corrected chi connectivity index (χ0v) is 11.6. The molecule has 100 valence electrons. The third-order valence-corrected chi connectivity index (χ3v) is 3.38. The number of pyridine rings is 1. The molecule has 0 bridgehead atoms. The fraction of sp³-hybridized carbons (Fsp3) is 0.667. The summed E-state index contributed by atoms with van der Waals surface area (Å²) in [5, 5.41) is 0. The summed E-state index contributed by atoms with van der Waals surface area (Å²) in [4.78, 5) is 4.36. The van der Waals surface area contributed by atoms with Crippen molar-refractivity contribution in [2.45, 2.75) is 58.6 Å². The molecule has 2 rings (SSSR count). The van der Waals surface area contributed by atoms with E-state index in [1.807, 2.05) is 12.3 Å². The number of aryl methyl sites for hydroxylation is 1. The highest BCUT2D eigenvalue weighted by Crippen LogP contribution is 2.24. The second-order valence-corrected chi connectivity index (χ2v) is 6.54. The van der Waals surface area contributed by atoms with Gasteiger partial charge in [0.25, 0.3) is 0 Å². The molecule has 0 amide bonds. The number of ether oxygens (including phenoxy) is 1. The molecule has 1 saturated carbocycles. The van der Waals surface area contributed by atoms with E-state index in [0.29, 0.717) is 11.5 Å². The van der Waals surface area contributed by atoms with Gasteiger partial charge in [0.05, 0.1) is 0 Å². The van der Waals surface area contributed by atoms with Crippen molar-refractivity contribution in [3.05, 3.63) is 23.9 Å². The molecule has 2 N–H and O–H groups in total. The van der Waals surface area contributed by atoms with E-state index >= 15 is 0 Å². The quantitative estimate of drug-likeness (QED) is 0.891. The predicted octanol–water partition coefficient (Wildman–Crippen LogP) is 2.93. The van der Waals surface area contributed by atoms with E-state index in [9.17, 15) is 0 Å². The molecular formula is C15H24N2O. The number of aromatic nitrogens is 1. The smallest absolute Gasteiger partial charge is 0.213 e. The van der Waals surface area contributed by atoms with Crippen LogP contribution in [-0.2, 0) is 6.42 Å². The average molecular weight is 248 g/mol. The van der Waals surface area contributed by atoms with Gasteiger partial charge >= 0.3 is 0 Å². The van der Waals surface area contributed by atoms with E-state index in [4.69, 9.17) is 10.5 Å². The summed E-state index contributed by atoms with van der Waals surface area (Å²) < 4.78 is 5.73. The zero-order chi connectivity index (χ0) is 13.2. The van der Waals surface area contributed by atoms with Crippen LogP contribution in [0, 0.1) is 5.41 Å². The molecule has 0 saturated heterocycles. The van der Waals surface area contributed by atoms with Gasteiger partial charge in [0.1, 0.15) is 6.10 Å². The average Bonchev–Trinajstić information content (AvgIpc) is 2.25. The molecule has 0 unspecified atom stereocenters. The molecule has 3 nitrogen and oxygen atoms in total. The topological polar surface area (TPSA) is 48.1 Å². The van der Waals surface area contributed by atoms with Crippen LogP contribution in [0.3, 0.4) is 0 Å². The lowest BCUT2D eigenvalue weighted by Gasteiger charge is -2.32. The lowest BCUT2D eigenvalue weighted by atomic mass is 9.89. The first-order valence-electron chi connectivity index (χ1n) is 6.79. The Balaban J connectivity index is 1.82. The van der Waals surface area contributed by atoms with Crippen LogP contribution in [-0.4, -0.2) is 17.1 Å². The number of hydrogen-bond donors (Lipinski definition) is 1. The Morgan fingerprint density at radius 1 is 1.33 bits per heavy atom. The minimum absolute atomic E-state index is 0.271. The van der Waals surface area contributed by atoms with E-state index in [1.165, 1.54) is 12.0 Å². The Hall–Kier alpha value is -1.09. The first kappa shape index (κ1) is 13.3. The molecule has 1 heterocycles. The van der Waals surface area contributed by atoms with Crippen LogP contribution in [0.25, 0.3) is 0 Å². The first-order valence-corrected chi connectivity index (χ1v) is 6.79. The highest BCUT2D eigenvalue weighted by atomic mass is 16.5. The second-order valence-electron chi connectivity index (χ2n) is 6.54. The van der Waals surface area contributed by atoms with Crippen molar-refractivity contribution in [3.63, 3.8) is 0 Å². The minimum Gasteiger partial charge on any atom is -0.474 e. The highest BCUT2D eigenvalue weighted by Gasteiger charge is 2.27. The van der Waals surface area contributed by atoms with Gasteiger partial charge in [-0.2, -0.15) is 0 Å². The molecule has 1 aromatic rings. The van der Waals surface area contributed by atoms with Gasteiger partial charge in [-0.25, -0.2) is 4.98 Å². The molecule has 0 atom stereocenters. The zero-order valence-electron chi connectivity index (χ0n) is 11.6. The Morgan fingerprint density at radius 3 is 2.56 bits per heavy atom. The van der Waals surface area contributed by atoms with Crippen molar-refractivity contribution in [2.75, 3.05) is 0 Å². The van der Waals surface area contributed by atoms with Gasteiger partial charge in [0, 0.05) is 18.3 Å². The van der Waals surface area contributed by atoms with Crippen LogP contribution in [0.4, 0.5) is 0 Å². The summed E-state index contributed by atoms with van der Waals surface area (Å²) in [7, 11) is 0. The molecule has 1 fully saturated rings. The van der Waals surface area contributed by atoms with Crippen LogP contribution in [0.1, 0.15) is 45.6 Å². The van der Waals surface area contributed by atoms with Crippen molar-refractivity contribution in [3.8, 4) is 5.88 Å². The Labute approximate surface area is 110 Å². The number of rotatable bonds is 4. The summed E-state index contributed by atoms with van der Waals surface area (Å²) in [5.74, 6) is 0.728. The lowest BCUT2D eigenvalue weighted by Crippen LogP contribution is -2.43. The van der Waals surface area contributed by atoms with Crippen LogP contribution < -0.4 is 10.5 Å². The van der Waals surface area contributed by atoms with Crippen molar-refractivity contribution in [1.82, 2.24) is 4.98 Å². The fourth-order valence-corrected chi connectivity index (χ4v) is 2.02. The van der Waals surface area contributed by atoms with Crippen LogP contribution >= 0.6 is 0 Å². The fourth-order valence-electron chi connectivity index (χ4n) is 2.02. The van der Waals surface area contributed by atoms with E-state index in [1.54, 1.807) is 0 Å². The van der Waals surface area contributed by atoms with Crippen molar-refractivity contribution in [1.29, 1.82) is 0 Å². The Morgan fingerprint density at radius 2 is 2.06 bits per heavy atom. The third-order valence-electron chi connectivity index (χ3n) is 3.38. The molecule has 3 heteroatoms. The highest BCUT2D eigenvalue weighted by molar-refractivity contribution is 5.18. The first-order chi connectivity index (χ1) is 8.42. The predicted molar refractivity (Wildman–Crippen MR) is 73.6 cm³/mol. The number of hydrogen-bond acceptors (Lipinski definition) is 3. The van der Waals surface area contributed by atoms with Crippen molar-refractivity contribution >= 4 is 0 Å². The standard InChI is InChI=1S/C15H24N2O/c1-15(2,3)7-6-11-4-5-14(17-10-11)18-13-8-12(16)9-13/h4-5,10,12-13H,6-9,16H2,1-3H3/t12-,13+. The van der Waals surface area contributed by atoms with E-state index in [-0.39, 0.29) is 6.10 Å². The Bertz CT molecular complexity index is 374. The van der Waals surface area contributed by atoms with Crippen LogP contribution in [0.5, 0.6) is 5.88 Å². The van der Waals surface area contributed by atoms with Gasteiger partial charge in [-0.1, -0.05) is 26.8 Å². The molecule has 0 aromatic carbocycles. The van der Waals surface area contributed by atoms with Gasteiger partial charge in [0.15, 0.2) is 0 Å². The maximum atomic E-state index is 5.73. The maximum Gasteiger partial charge on any atom is 0.213 e. The normalized spacial score (nSPS) is 23.6. The monoisotopic (exact) mass is 248 g/mol. The SMILES string of the molecule is CC(C)(C)CCc1ccc(O[C@H]2C[C@@H](N)C2)nc1. The molecule has 0 aliphatic heterocycles. The van der Waals surface area contributed by atoms with Crippen molar-refractivity contribution < 1.29 is 4.74 Å². The molecule has 18 heavy (non-hydrogen) atoms. The largest absolute Gasteiger partial charge is 0.474 e. The number of nitrogens with zero attached hydrogens (tertiary/aromatic N) is 1. The molecule has 0 spiro atoms. The lowest BCUT2D eigenvalue weighted by molar-refractivity contribution is 0.0958. The van der Waals surface area contributed by atoms with Crippen LogP contribution in [0.2, 0.25) is 0 Å². The van der Waals surface area contributed by atoms with Crippen molar-refractivity contribution in [2.24, 2.45) is 11.1 Å². The summed E-state index contributed by atoms with van der Waals surface area (Å²) in [6, 6.07) is 4.41. The minimum atomic E-state index is 0.271. The third kappa shape index (κ3) is 3.98. The molecule has 1 aromatic heterocycles. The summed E-state index contributed by atoms with van der Waals surface area (Å²) in [5.41, 5.74) is 7.38. The van der Waals surface area contributed by atoms with Gasteiger partial charge < -0.3 is 10.5 Å². The van der Waals surface area contributed by atoms with Gasteiger partial charge in [-0.3, -0.25) is 0 Å². The molecular weight excluding hydrogens is 224 g/mol. The Kier molecular flexibility index (Phi) is 3.91.